The third-order valence-corrected chi connectivity index (χ3v) is 0.707. The van der Waals surface area contributed by atoms with Gasteiger partial charge in [-0.1, -0.05) is 0 Å². The predicted molar refractivity (Wildman–Crippen MR) is 28.7 cm³/mol. The quantitative estimate of drug-likeness (QED) is 0.528. The maximum absolute atomic E-state index is 11.8. The lowest BCUT2D eigenvalue weighted by Crippen LogP contribution is -2.12. The summed E-state index contributed by atoms with van der Waals surface area (Å²) < 4.78 is 31.9. The van der Waals surface area contributed by atoms with Crippen LogP contribution < -0.4 is 0 Å². The van der Waals surface area contributed by atoms with Crippen LogP contribution in [0.3, 0.4) is 0 Å². The molecule has 0 aromatic heterocycles. The number of alkyl halides is 2. The number of hydrogen-bond donors (Lipinski definition) is 0. The molecule has 0 saturated carbocycles. The van der Waals surface area contributed by atoms with Gasteiger partial charge in [-0.15, -0.1) is 0 Å². The zero-order valence-corrected chi connectivity index (χ0v) is 5.27. The molecule has 0 aliphatic heterocycles. The Bertz CT molecular complexity index is 60.9. The Labute approximate surface area is 52.8 Å². The molecule has 0 aromatic rings. The highest BCUT2D eigenvalue weighted by molar-refractivity contribution is 4.34. The summed E-state index contributed by atoms with van der Waals surface area (Å²) in [6, 6.07) is 0. The zero-order chi connectivity index (χ0) is 7.11. The third kappa shape index (κ3) is 5.65. The van der Waals surface area contributed by atoms with Crippen molar-refractivity contribution in [1.29, 1.82) is 0 Å². The minimum atomic E-state index is -1.79. The molecule has 0 radical (unpaired) electrons. The van der Waals surface area contributed by atoms with E-state index >= 15 is 0 Å². The molecule has 0 aliphatic carbocycles. The lowest BCUT2D eigenvalue weighted by atomic mass is 10.7. The van der Waals surface area contributed by atoms with E-state index in [1.165, 1.54) is 7.11 Å². The van der Waals surface area contributed by atoms with Crippen LogP contribution in [-0.4, -0.2) is 33.4 Å². The summed E-state index contributed by atoms with van der Waals surface area (Å²) in [5.41, 5.74) is 0. The second-order valence-corrected chi connectivity index (χ2v) is 1.43. The van der Waals surface area contributed by atoms with Crippen molar-refractivity contribution in [2.45, 2.75) is 6.36 Å². The molecule has 0 fully saturated rings. The molecule has 56 valence electrons. The van der Waals surface area contributed by atoms with Gasteiger partial charge in [-0.25, -0.2) is 8.78 Å². The van der Waals surface area contributed by atoms with Gasteiger partial charge in [0, 0.05) is 7.11 Å². The van der Waals surface area contributed by atoms with E-state index in [2.05, 4.69) is 9.47 Å². The van der Waals surface area contributed by atoms with Crippen LogP contribution in [0.5, 0.6) is 0 Å². The summed E-state index contributed by atoms with van der Waals surface area (Å²) >= 11 is 0. The summed E-state index contributed by atoms with van der Waals surface area (Å²) in [4.78, 5) is 0. The number of hydrogen-bond acceptors (Lipinski definition) is 2. The fourth-order valence-electron chi connectivity index (χ4n) is 0.304. The van der Waals surface area contributed by atoms with Gasteiger partial charge in [0.25, 0.3) is 0 Å². The second kappa shape index (κ2) is 5.91. The summed E-state index contributed by atoms with van der Waals surface area (Å²) in [6.07, 6.45) is -1.79. The van der Waals surface area contributed by atoms with Crippen molar-refractivity contribution in [2.75, 3.05) is 27.0 Å². The third-order valence-electron chi connectivity index (χ3n) is 0.707. The average molecular weight is 140 g/mol. The maximum atomic E-state index is 11.8. The van der Waals surface area contributed by atoms with Crippen LogP contribution in [0.15, 0.2) is 0 Å². The second-order valence-electron chi connectivity index (χ2n) is 1.43. The Morgan fingerprint density at radius 2 is 2.11 bits per heavy atom. The first kappa shape index (κ1) is 8.78. The van der Waals surface area contributed by atoms with Gasteiger partial charge in [0.15, 0.2) is 0 Å². The molecular weight excluding hydrogens is 130 g/mol. The van der Waals surface area contributed by atoms with Crippen LogP contribution in [0.2, 0.25) is 0 Å². The average Bonchev–Trinajstić information content (AvgIpc) is 1.89. The van der Waals surface area contributed by atoms with Gasteiger partial charge < -0.3 is 9.47 Å². The molecule has 0 aliphatic rings. The molecule has 0 amide bonds. The highest BCUT2D eigenvalue weighted by atomic mass is 19.2. The zero-order valence-electron chi connectivity index (χ0n) is 5.27. The normalized spacial score (nSPS) is 13.7. The Morgan fingerprint density at radius 1 is 1.44 bits per heavy atom. The fourth-order valence-corrected chi connectivity index (χ4v) is 0.304. The van der Waals surface area contributed by atoms with E-state index in [9.17, 15) is 8.78 Å². The molecule has 0 rings (SSSR count). The minimum absolute atomic E-state index is 0.0988. The molecule has 0 N–H and O–H groups in total. The van der Waals surface area contributed by atoms with Crippen LogP contribution in [-0.2, 0) is 9.47 Å². The largest absolute Gasteiger partial charge is 0.382 e. The lowest BCUT2D eigenvalue weighted by Gasteiger charge is -2.03. The van der Waals surface area contributed by atoms with E-state index in [-0.39, 0.29) is 6.61 Å². The van der Waals surface area contributed by atoms with Crippen molar-refractivity contribution in [3.05, 3.63) is 0 Å². The van der Waals surface area contributed by atoms with Crippen molar-refractivity contribution in [1.82, 2.24) is 0 Å². The number of methoxy groups -OCH3 is 1. The van der Waals surface area contributed by atoms with Crippen molar-refractivity contribution in [3.63, 3.8) is 0 Å². The summed E-state index contributed by atoms with van der Waals surface area (Å²) in [5, 5.41) is 0. The Balaban J connectivity index is 2.88. The molecule has 0 spiro atoms. The maximum Gasteiger partial charge on any atom is 0.227 e. The first-order chi connectivity index (χ1) is 4.31. The molecule has 1 unspecified atom stereocenters. The van der Waals surface area contributed by atoms with Crippen LogP contribution in [0.1, 0.15) is 0 Å². The smallest absolute Gasteiger partial charge is 0.227 e. The van der Waals surface area contributed by atoms with Crippen LogP contribution in [0.4, 0.5) is 8.78 Å². The Kier molecular flexibility index (Phi) is 5.76. The Morgan fingerprint density at radius 3 is 2.56 bits per heavy atom. The number of halogens is 2. The summed E-state index contributed by atoms with van der Waals surface area (Å²) in [5.74, 6) is 0. The monoisotopic (exact) mass is 140 g/mol. The van der Waals surface area contributed by atoms with E-state index in [0.717, 1.165) is 0 Å². The van der Waals surface area contributed by atoms with Gasteiger partial charge in [0.05, 0.1) is 13.2 Å². The lowest BCUT2D eigenvalue weighted by molar-refractivity contribution is -0.0666. The van der Waals surface area contributed by atoms with Crippen LogP contribution in [0, 0.1) is 0 Å². The molecule has 0 aromatic carbocycles. The van der Waals surface area contributed by atoms with Gasteiger partial charge >= 0.3 is 0 Å². The van der Waals surface area contributed by atoms with E-state index < -0.39 is 13.0 Å². The number of ether oxygens (including phenoxy) is 2. The van der Waals surface area contributed by atoms with Crippen molar-refractivity contribution < 1.29 is 18.3 Å². The van der Waals surface area contributed by atoms with E-state index in [1.54, 1.807) is 0 Å². The first-order valence-corrected chi connectivity index (χ1v) is 2.62. The van der Waals surface area contributed by atoms with E-state index in [4.69, 9.17) is 0 Å². The van der Waals surface area contributed by atoms with Crippen molar-refractivity contribution >= 4 is 0 Å². The van der Waals surface area contributed by atoms with Gasteiger partial charge in [-0.3, -0.25) is 0 Å². The summed E-state index contributed by atoms with van der Waals surface area (Å²) in [7, 11) is 1.46. The molecule has 0 heterocycles. The SMILES string of the molecule is COCCOC(F)CF. The number of rotatable bonds is 5. The molecule has 0 bridgehead atoms. The van der Waals surface area contributed by atoms with Gasteiger partial charge in [-0.2, -0.15) is 0 Å². The standard InChI is InChI=1S/C5H10F2O2/c1-8-2-3-9-5(7)4-6/h5H,2-4H2,1H3. The van der Waals surface area contributed by atoms with Gasteiger partial charge in [-0.05, 0) is 0 Å². The van der Waals surface area contributed by atoms with Crippen molar-refractivity contribution in [2.24, 2.45) is 0 Å². The predicted octanol–water partition coefficient (Wildman–Crippen LogP) is 0.915. The molecule has 9 heavy (non-hydrogen) atoms. The van der Waals surface area contributed by atoms with Crippen molar-refractivity contribution in [3.8, 4) is 0 Å². The first-order valence-electron chi connectivity index (χ1n) is 2.62. The highest BCUT2D eigenvalue weighted by Gasteiger charge is 2.02. The van der Waals surface area contributed by atoms with Gasteiger partial charge in [0.2, 0.25) is 6.36 Å². The molecule has 4 heteroatoms. The molecule has 1 atom stereocenters. The van der Waals surface area contributed by atoms with E-state index in [1.807, 2.05) is 0 Å². The molecular formula is C5H10F2O2. The molecule has 0 saturated heterocycles. The van der Waals surface area contributed by atoms with Crippen LogP contribution in [0.25, 0.3) is 0 Å². The Hall–Kier alpha value is -0.220. The minimum Gasteiger partial charge on any atom is -0.382 e. The van der Waals surface area contributed by atoms with Gasteiger partial charge in [0.1, 0.15) is 6.67 Å². The molecule has 2 nitrogen and oxygen atoms in total. The van der Waals surface area contributed by atoms with E-state index in [0.29, 0.717) is 6.61 Å². The van der Waals surface area contributed by atoms with Crippen LogP contribution >= 0.6 is 0 Å². The summed E-state index contributed by atoms with van der Waals surface area (Å²) in [6.45, 7) is -0.703. The fraction of sp³-hybridized carbons (Fsp3) is 1.00. The topological polar surface area (TPSA) is 18.5 Å². The highest BCUT2D eigenvalue weighted by Crippen LogP contribution is 1.92.